The third kappa shape index (κ3) is 3.05. The number of ether oxygens (including phenoxy) is 1. The zero-order valence-corrected chi connectivity index (χ0v) is 13.1. The quantitative estimate of drug-likeness (QED) is 0.739. The fourth-order valence-corrected chi connectivity index (χ4v) is 2.61. The first-order valence-electron chi connectivity index (χ1n) is 7.79. The first kappa shape index (κ1) is 15.9. The lowest BCUT2D eigenvalue weighted by Gasteiger charge is -2.14. The molecule has 5 nitrogen and oxygen atoms in total. The molecule has 0 atom stereocenters. The van der Waals surface area contributed by atoms with Gasteiger partial charge in [-0.05, 0) is 31.0 Å². The van der Waals surface area contributed by atoms with Crippen LogP contribution in [0, 0.1) is 5.82 Å². The zero-order valence-electron chi connectivity index (χ0n) is 13.1. The number of alkyl halides is 2. The molecule has 1 saturated carbocycles. The molecule has 3 aromatic heterocycles. The number of hydrogen-bond acceptors (Lipinski definition) is 4. The van der Waals surface area contributed by atoms with Crippen LogP contribution < -0.4 is 10.5 Å². The Morgan fingerprint density at radius 3 is 2.84 bits per heavy atom. The Balaban J connectivity index is 1.72. The molecule has 25 heavy (non-hydrogen) atoms. The zero-order chi connectivity index (χ0) is 17.6. The van der Waals surface area contributed by atoms with Gasteiger partial charge in [-0.3, -0.25) is 0 Å². The predicted molar refractivity (Wildman–Crippen MR) is 85.9 cm³/mol. The number of pyridine rings is 2. The van der Waals surface area contributed by atoms with Gasteiger partial charge in [-0.15, -0.1) is 0 Å². The number of aromatic amines is 1. The highest BCUT2D eigenvalue weighted by Gasteiger charge is 2.39. The molecule has 8 heteroatoms. The summed E-state index contributed by atoms with van der Waals surface area (Å²) in [5.41, 5.74) is 6.28. The van der Waals surface area contributed by atoms with Gasteiger partial charge in [0.2, 0.25) is 0 Å². The maximum Gasteiger partial charge on any atom is 0.284 e. The van der Waals surface area contributed by atoms with Gasteiger partial charge in [0.05, 0.1) is 17.4 Å². The van der Waals surface area contributed by atoms with Crippen LogP contribution in [-0.4, -0.2) is 27.1 Å². The van der Waals surface area contributed by atoms with Crippen molar-refractivity contribution in [1.82, 2.24) is 15.0 Å². The van der Waals surface area contributed by atoms with Crippen molar-refractivity contribution in [2.45, 2.75) is 24.8 Å². The van der Waals surface area contributed by atoms with E-state index in [1.165, 1.54) is 12.1 Å². The number of halogens is 3. The third-order valence-corrected chi connectivity index (χ3v) is 4.27. The molecule has 3 N–H and O–H groups in total. The van der Waals surface area contributed by atoms with E-state index in [1.54, 1.807) is 12.3 Å². The standard InChI is InChI=1S/C17H15F3N4O/c18-9-5-10-11(7-23-16(10)22-6-9)12-1-2-13(14(24-12)15(19)20)25-8-17(21)3-4-17/h1-2,5-7,15H,3-4,8,21H2,(H,22,23). The van der Waals surface area contributed by atoms with Gasteiger partial charge in [0.15, 0.2) is 0 Å². The van der Waals surface area contributed by atoms with Crippen LogP contribution in [0.1, 0.15) is 25.0 Å². The highest BCUT2D eigenvalue weighted by atomic mass is 19.3. The monoisotopic (exact) mass is 348 g/mol. The van der Waals surface area contributed by atoms with E-state index in [0.29, 0.717) is 16.6 Å². The Morgan fingerprint density at radius 2 is 2.12 bits per heavy atom. The number of hydrogen-bond donors (Lipinski definition) is 2. The summed E-state index contributed by atoms with van der Waals surface area (Å²) in [4.78, 5) is 10.8. The van der Waals surface area contributed by atoms with E-state index in [9.17, 15) is 13.2 Å². The molecule has 130 valence electrons. The van der Waals surface area contributed by atoms with Gasteiger partial charge in [-0.2, -0.15) is 0 Å². The lowest BCUT2D eigenvalue weighted by molar-refractivity contribution is 0.138. The van der Waals surface area contributed by atoms with Crippen LogP contribution in [0.15, 0.2) is 30.6 Å². The SMILES string of the molecule is NC1(COc2ccc(-c3c[nH]c4ncc(F)cc34)nc2C(F)F)CC1. The van der Waals surface area contributed by atoms with Crippen molar-refractivity contribution in [1.29, 1.82) is 0 Å². The van der Waals surface area contributed by atoms with E-state index < -0.39 is 23.5 Å². The highest BCUT2D eigenvalue weighted by Crippen LogP contribution is 2.36. The van der Waals surface area contributed by atoms with Gasteiger partial charge in [-0.1, -0.05) is 0 Å². The van der Waals surface area contributed by atoms with Gasteiger partial charge in [0.1, 0.15) is 29.5 Å². The summed E-state index contributed by atoms with van der Waals surface area (Å²) in [6.07, 6.45) is 1.47. The van der Waals surface area contributed by atoms with Crippen LogP contribution >= 0.6 is 0 Å². The molecule has 1 aliphatic carbocycles. The predicted octanol–water partition coefficient (Wildman–Crippen LogP) is 3.57. The third-order valence-electron chi connectivity index (χ3n) is 4.27. The Bertz CT molecular complexity index is 937. The maximum atomic E-state index is 13.5. The number of rotatable bonds is 5. The number of H-pyrrole nitrogens is 1. The first-order valence-corrected chi connectivity index (χ1v) is 7.79. The largest absolute Gasteiger partial charge is 0.490 e. The number of nitrogens with one attached hydrogen (secondary N) is 1. The van der Waals surface area contributed by atoms with E-state index in [1.807, 2.05) is 0 Å². The van der Waals surface area contributed by atoms with E-state index in [2.05, 4.69) is 15.0 Å². The molecule has 0 aliphatic heterocycles. The Morgan fingerprint density at radius 1 is 1.32 bits per heavy atom. The Hall–Kier alpha value is -2.61. The van der Waals surface area contributed by atoms with E-state index in [4.69, 9.17) is 10.5 Å². The fraction of sp³-hybridized carbons (Fsp3) is 0.294. The normalized spacial score (nSPS) is 15.7. The summed E-state index contributed by atoms with van der Waals surface area (Å²) in [6.45, 7) is 0.177. The van der Waals surface area contributed by atoms with Crippen LogP contribution in [0.3, 0.4) is 0 Å². The molecule has 0 unspecified atom stereocenters. The minimum absolute atomic E-state index is 0.0135. The number of aromatic nitrogens is 3. The molecule has 0 amide bonds. The summed E-state index contributed by atoms with van der Waals surface area (Å²) in [5.74, 6) is -0.500. The van der Waals surface area contributed by atoms with Crippen molar-refractivity contribution in [3.63, 3.8) is 0 Å². The van der Waals surface area contributed by atoms with Crippen LogP contribution in [0.4, 0.5) is 13.2 Å². The lowest BCUT2D eigenvalue weighted by Crippen LogP contribution is -2.30. The van der Waals surface area contributed by atoms with Gasteiger partial charge in [0.25, 0.3) is 6.43 Å². The molecular formula is C17H15F3N4O. The summed E-state index contributed by atoms with van der Waals surface area (Å²) in [7, 11) is 0. The summed E-state index contributed by atoms with van der Waals surface area (Å²) < 4.78 is 45.7. The van der Waals surface area contributed by atoms with Crippen molar-refractivity contribution in [3.8, 4) is 17.0 Å². The summed E-state index contributed by atoms with van der Waals surface area (Å²) in [6, 6.07) is 4.29. The molecule has 0 aromatic carbocycles. The molecule has 3 heterocycles. The van der Waals surface area contributed by atoms with E-state index in [0.717, 1.165) is 19.0 Å². The van der Waals surface area contributed by atoms with Crippen LogP contribution in [0.25, 0.3) is 22.3 Å². The number of nitrogens with two attached hydrogens (primary N) is 1. The summed E-state index contributed by atoms with van der Waals surface area (Å²) >= 11 is 0. The number of fused-ring (bicyclic) bond motifs is 1. The Kier molecular flexibility index (Phi) is 3.64. The highest BCUT2D eigenvalue weighted by molar-refractivity contribution is 5.92. The Labute approximate surface area is 141 Å². The molecule has 0 saturated heterocycles. The van der Waals surface area contributed by atoms with E-state index >= 15 is 0 Å². The first-order chi connectivity index (χ1) is 12.0. The van der Waals surface area contributed by atoms with Gasteiger partial charge >= 0.3 is 0 Å². The molecule has 0 spiro atoms. The van der Waals surface area contributed by atoms with Gasteiger partial charge < -0.3 is 15.5 Å². The van der Waals surface area contributed by atoms with Gasteiger partial charge in [-0.25, -0.2) is 23.1 Å². The molecule has 1 fully saturated rings. The smallest absolute Gasteiger partial charge is 0.284 e. The average molecular weight is 348 g/mol. The van der Waals surface area contributed by atoms with Crippen molar-refractivity contribution in [2.75, 3.05) is 6.61 Å². The van der Waals surface area contributed by atoms with Crippen LogP contribution in [0.5, 0.6) is 5.75 Å². The molecule has 4 rings (SSSR count). The molecule has 0 radical (unpaired) electrons. The number of nitrogens with zero attached hydrogens (tertiary/aromatic N) is 2. The fourth-order valence-electron chi connectivity index (χ4n) is 2.61. The summed E-state index contributed by atoms with van der Waals surface area (Å²) in [5, 5.41) is 0.472. The topological polar surface area (TPSA) is 76.8 Å². The second-order valence-electron chi connectivity index (χ2n) is 6.28. The molecule has 3 aromatic rings. The molecule has 1 aliphatic rings. The van der Waals surface area contributed by atoms with Crippen molar-refractivity contribution < 1.29 is 17.9 Å². The lowest BCUT2D eigenvalue weighted by atomic mass is 10.1. The second-order valence-corrected chi connectivity index (χ2v) is 6.28. The minimum atomic E-state index is -2.80. The minimum Gasteiger partial charge on any atom is -0.490 e. The maximum absolute atomic E-state index is 13.5. The van der Waals surface area contributed by atoms with Crippen LogP contribution in [-0.2, 0) is 0 Å². The van der Waals surface area contributed by atoms with E-state index in [-0.39, 0.29) is 18.1 Å². The second kappa shape index (κ2) is 5.73. The van der Waals surface area contributed by atoms with Crippen molar-refractivity contribution in [2.24, 2.45) is 5.73 Å². The molecular weight excluding hydrogens is 333 g/mol. The van der Waals surface area contributed by atoms with Crippen LogP contribution in [0.2, 0.25) is 0 Å². The average Bonchev–Trinajstić information content (AvgIpc) is 3.18. The molecule has 0 bridgehead atoms. The van der Waals surface area contributed by atoms with Crippen molar-refractivity contribution in [3.05, 3.63) is 42.1 Å². The van der Waals surface area contributed by atoms with Crippen molar-refractivity contribution >= 4 is 11.0 Å². The van der Waals surface area contributed by atoms with Gasteiger partial charge in [0, 0.05) is 17.1 Å².